The Balaban J connectivity index is 2.63. The summed E-state index contributed by atoms with van der Waals surface area (Å²) in [4.78, 5) is 10.8. The van der Waals surface area contributed by atoms with Crippen LogP contribution in [-0.4, -0.2) is 26.0 Å². The minimum absolute atomic E-state index is 0.0232. The van der Waals surface area contributed by atoms with Crippen molar-refractivity contribution >= 4 is 44.9 Å². The van der Waals surface area contributed by atoms with Gasteiger partial charge in [0.2, 0.25) is 0 Å². The van der Waals surface area contributed by atoms with Crippen molar-refractivity contribution in [3.05, 3.63) is 57.6 Å². The van der Waals surface area contributed by atoms with E-state index in [-0.39, 0.29) is 27.9 Å². The van der Waals surface area contributed by atoms with E-state index >= 15 is 0 Å². The van der Waals surface area contributed by atoms with Crippen LogP contribution in [0.5, 0.6) is 0 Å². The van der Waals surface area contributed by atoms with E-state index in [4.69, 9.17) is 28.3 Å². The maximum absolute atomic E-state index is 13.2. The molecule has 0 aliphatic rings. The molecule has 5 nitrogen and oxygen atoms in total. The lowest BCUT2D eigenvalue weighted by Crippen LogP contribution is -2.34. The van der Waals surface area contributed by atoms with Gasteiger partial charge >= 0.3 is 5.97 Å². The molecule has 1 N–H and O–H groups in total. The fourth-order valence-electron chi connectivity index (χ4n) is 2.37. The van der Waals surface area contributed by atoms with Gasteiger partial charge in [0.25, 0.3) is 10.0 Å². The number of benzene rings is 2. The fraction of sp³-hybridized carbons (Fsp3) is 0.235. The first kappa shape index (κ1) is 19.6. The second-order valence-corrected chi connectivity index (χ2v) is 8.19. The number of carboxylic acid groups (broad SMARTS) is 1. The van der Waals surface area contributed by atoms with Gasteiger partial charge in [0.05, 0.1) is 17.1 Å². The van der Waals surface area contributed by atoms with Gasteiger partial charge in [0, 0.05) is 11.6 Å². The fourth-order valence-corrected chi connectivity index (χ4v) is 4.63. The number of anilines is 1. The minimum Gasteiger partial charge on any atom is -0.481 e. The topological polar surface area (TPSA) is 74.7 Å². The molecule has 8 heteroatoms. The Morgan fingerprint density at radius 3 is 2.48 bits per heavy atom. The number of rotatable bonds is 6. The van der Waals surface area contributed by atoms with Crippen LogP contribution >= 0.6 is 23.2 Å². The Bertz CT molecular complexity index is 913. The number of halogens is 2. The quantitative estimate of drug-likeness (QED) is 0.783. The molecular formula is C17H17Cl2NO4S. The van der Waals surface area contributed by atoms with Crippen molar-refractivity contribution in [2.45, 2.75) is 25.2 Å². The van der Waals surface area contributed by atoms with Crippen LogP contribution in [0.4, 0.5) is 5.69 Å². The van der Waals surface area contributed by atoms with Gasteiger partial charge in [0.15, 0.2) is 0 Å². The molecule has 0 unspecified atom stereocenters. The number of hydrogen-bond acceptors (Lipinski definition) is 3. The number of aliphatic carboxylic acids is 1. The molecule has 2 aromatic rings. The van der Waals surface area contributed by atoms with Crippen LogP contribution in [-0.2, 0) is 14.8 Å². The maximum Gasteiger partial charge on any atom is 0.305 e. The molecule has 0 heterocycles. The molecule has 0 radical (unpaired) electrons. The summed E-state index contributed by atoms with van der Waals surface area (Å²) >= 11 is 12.0. The SMILES string of the molecule is Cc1cccc(N(CCC(=O)O)S(=O)(=O)c2cc(Cl)ccc2Cl)c1C. The van der Waals surface area contributed by atoms with Gasteiger partial charge in [-0.3, -0.25) is 9.10 Å². The summed E-state index contributed by atoms with van der Waals surface area (Å²) in [5, 5.41) is 9.25. The van der Waals surface area contributed by atoms with Gasteiger partial charge in [-0.15, -0.1) is 0 Å². The summed E-state index contributed by atoms with van der Waals surface area (Å²) in [6, 6.07) is 9.36. The monoisotopic (exact) mass is 401 g/mol. The average molecular weight is 402 g/mol. The lowest BCUT2D eigenvalue weighted by atomic mass is 10.1. The highest BCUT2D eigenvalue weighted by atomic mass is 35.5. The molecule has 0 saturated carbocycles. The van der Waals surface area contributed by atoms with Gasteiger partial charge < -0.3 is 5.11 Å². The number of hydrogen-bond donors (Lipinski definition) is 1. The molecule has 0 aromatic heterocycles. The standard InChI is InChI=1S/C17H17Cl2NO4S/c1-11-4-3-5-15(12(11)2)20(9-8-17(21)22)25(23,24)16-10-13(18)6-7-14(16)19/h3-7,10H,8-9H2,1-2H3,(H,21,22). The summed E-state index contributed by atoms with van der Waals surface area (Å²) < 4.78 is 27.4. The van der Waals surface area contributed by atoms with Gasteiger partial charge in [-0.1, -0.05) is 35.3 Å². The molecule has 0 saturated heterocycles. The van der Waals surface area contributed by atoms with Crippen molar-refractivity contribution in [2.75, 3.05) is 10.8 Å². The van der Waals surface area contributed by atoms with Crippen LogP contribution in [0.15, 0.2) is 41.3 Å². The van der Waals surface area contributed by atoms with E-state index in [1.807, 2.05) is 13.0 Å². The second-order valence-electron chi connectivity index (χ2n) is 5.51. The Hall–Kier alpha value is -1.76. The lowest BCUT2D eigenvalue weighted by molar-refractivity contribution is -0.136. The summed E-state index contributed by atoms with van der Waals surface area (Å²) in [6.45, 7) is 3.42. The summed E-state index contributed by atoms with van der Waals surface area (Å²) in [7, 11) is -4.09. The molecule has 134 valence electrons. The van der Waals surface area contributed by atoms with Crippen molar-refractivity contribution in [2.24, 2.45) is 0 Å². The number of nitrogens with zero attached hydrogens (tertiary/aromatic N) is 1. The molecule has 0 spiro atoms. The van der Waals surface area contributed by atoms with Crippen LogP contribution < -0.4 is 4.31 Å². The molecular weight excluding hydrogens is 385 g/mol. The van der Waals surface area contributed by atoms with Crippen molar-refractivity contribution in [1.29, 1.82) is 0 Å². The molecule has 0 amide bonds. The average Bonchev–Trinajstić information content (AvgIpc) is 2.53. The van der Waals surface area contributed by atoms with Gasteiger partial charge in [-0.05, 0) is 49.2 Å². The Kier molecular flexibility index (Phi) is 5.98. The Morgan fingerprint density at radius 2 is 1.84 bits per heavy atom. The van der Waals surface area contributed by atoms with Crippen molar-refractivity contribution in [3.8, 4) is 0 Å². The second kappa shape index (κ2) is 7.64. The van der Waals surface area contributed by atoms with Crippen LogP contribution in [0.2, 0.25) is 10.0 Å². The lowest BCUT2D eigenvalue weighted by Gasteiger charge is -2.26. The zero-order valence-electron chi connectivity index (χ0n) is 13.7. The molecule has 2 aromatic carbocycles. The Labute approximate surface area is 156 Å². The number of aryl methyl sites for hydroxylation is 1. The molecule has 0 bridgehead atoms. The Morgan fingerprint density at radius 1 is 1.16 bits per heavy atom. The predicted octanol–water partition coefficient (Wildman–Crippen LogP) is 4.28. The van der Waals surface area contributed by atoms with E-state index in [1.165, 1.54) is 18.2 Å². The van der Waals surface area contributed by atoms with Gasteiger partial charge in [-0.25, -0.2) is 8.42 Å². The molecule has 0 aliphatic heterocycles. The molecule has 0 atom stereocenters. The highest BCUT2D eigenvalue weighted by Crippen LogP contribution is 2.33. The zero-order chi connectivity index (χ0) is 18.8. The van der Waals surface area contributed by atoms with E-state index in [9.17, 15) is 13.2 Å². The zero-order valence-corrected chi connectivity index (χ0v) is 16.0. The predicted molar refractivity (Wildman–Crippen MR) is 99.2 cm³/mol. The summed E-state index contributed by atoms with van der Waals surface area (Å²) in [5.74, 6) is -1.09. The molecule has 0 fully saturated rings. The molecule has 2 rings (SSSR count). The smallest absolute Gasteiger partial charge is 0.305 e. The van der Waals surface area contributed by atoms with E-state index in [2.05, 4.69) is 0 Å². The minimum atomic E-state index is -4.09. The maximum atomic E-state index is 13.2. The summed E-state index contributed by atoms with van der Waals surface area (Å²) in [6.07, 6.45) is -0.342. The molecule has 25 heavy (non-hydrogen) atoms. The number of carbonyl (C=O) groups is 1. The first-order valence-electron chi connectivity index (χ1n) is 7.40. The van der Waals surface area contributed by atoms with Crippen molar-refractivity contribution in [3.63, 3.8) is 0 Å². The van der Waals surface area contributed by atoms with Crippen LogP contribution in [0.3, 0.4) is 0 Å². The highest BCUT2D eigenvalue weighted by molar-refractivity contribution is 7.93. The van der Waals surface area contributed by atoms with Crippen LogP contribution in [0, 0.1) is 13.8 Å². The van der Waals surface area contributed by atoms with E-state index in [1.54, 1.807) is 19.1 Å². The normalized spacial score (nSPS) is 11.4. The highest BCUT2D eigenvalue weighted by Gasteiger charge is 2.29. The van der Waals surface area contributed by atoms with Gasteiger partial charge in [-0.2, -0.15) is 0 Å². The van der Waals surface area contributed by atoms with E-state index in [0.29, 0.717) is 5.69 Å². The largest absolute Gasteiger partial charge is 0.481 e. The van der Waals surface area contributed by atoms with E-state index < -0.39 is 16.0 Å². The third-order valence-electron chi connectivity index (χ3n) is 3.83. The van der Waals surface area contributed by atoms with E-state index in [0.717, 1.165) is 15.4 Å². The first-order chi connectivity index (χ1) is 11.6. The van der Waals surface area contributed by atoms with Crippen molar-refractivity contribution in [1.82, 2.24) is 0 Å². The van der Waals surface area contributed by atoms with Crippen LogP contribution in [0.1, 0.15) is 17.5 Å². The number of carboxylic acids is 1. The van der Waals surface area contributed by atoms with Crippen molar-refractivity contribution < 1.29 is 18.3 Å². The third-order valence-corrected chi connectivity index (χ3v) is 6.36. The summed E-state index contributed by atoms with van der Waals surface area (Å²) in [5.41, 5.74) is 2.05. The first-order valence-corrected chi connectivity index (χ1v) is 9.60. The third kappa shape index (κ3) is 4.26. The van der Waals surface area contributed by atoms with Crippen LogP contribution in [0.25, 0.3) is 0 Å². The molecule has 0 aliphatic carbocycles. The van der Waals surface area contributed by atoms with Gasteiger partial charge in [0.1, 0.15) is 4.90 Å². The number of sulfonamides is 1.